The summed E-state index contributed by atoms with van der Waals surface area (Å²) in [6.45, 7) is 2.53. The molecule has 0 unspecified atom stereocenters. The van der Waals surface area contributed by atoms with Crippen LogP contribution in [0.2, 0.25) is 0 Å². The molecule has 0 fully saturated rings. The lowest BCUT2D eigenvalue weighted by Gasteiger charge is -2.03. The van der Waals surface area contributed by atoms with Gasteiger partial charge in [0.1, 0.15) is 11.6 Å². The number of benzene rings is 1. The second kappa shape index (κ2) is 4.53. The van der Waals surface area contributed by atoms with Gasteiger partial charge in [0.2, 0.25) is 0 Å². The molecule has 0 N–H and O–H groups in total. The van der Waals surface area contributed by atoms with Crippen molar-refractivity contribution in [3.8, 4) is 0 Å². The van der Waals surface area contributed by atoms with E-state index in [-0.39, 0.29) is 12.2 Å². The Morgan fingerprint density at radius 3 is 2.47 bits per heavy atom. The van der Waals surface area contributed by atoms with Crippen molar-refractivity contribution in [1.29, 1.82) is 0 Å². The standard InChI is InChI=1S/C12H12F2N2O/c1-2-15-5-6-16(12(15)17)8-9-3-4-10(13)7-11(9)14/h3-7H,2,8H2,1H3. The van der Waals surface area contributed by atoms with Gasteiger partial charge in [0.25, 0.3) is 0 Å². The maximum absolute atomic E-state index is 13.4. The Hall–Kier alpha value is -1.91. The van der Waals surface area contributed by atoms with Crippen molar-refractivity contribution in [2.24, 2.45) is 0 Å². The summed E-state index contributed by atoms with van der Waals surface area (Å²) in [5, 5.41) is 0. The van der Waals surface area contributed by atoms with Crippen molar-refractivity contribution >= 4 is 0 Å². The molecule has 0 aliphatic rings. The molecule has 1 heterocycles. The van der Waals surface area contributed by atoms with E-state index in [0.29, 0.717) is 12.1 Å². The van der Waals surface area contributed by atoms with Crippen LogP contribution in [0.25, 0.3) is 0 Å². The van der Waals surface area contributed by atoms with Crippen LogP contribution in [0, 0.1) is 11.6 Å². The molecule has 0 saturated heterocycles. The van der Waals surface area contributed by atoms with E-state index in [1.54, 1.807) is 12.4 Å². The second-order valence-electron chi connectivity index (χ2n) is 3.73. The molecular weight excluding hydrogens is 226 g/mol. The van der Waals surface area contributed by atoms with Crippen molar-refractivity contribution in [3.05, 3.63) is 58.3 Å². The Morgan fingerprint density at radius 1 is 1.18 bits per heavy atom. The van der Waals surface area contributed by atoms with E-state index in [2.05, 4.69) is 0 Å². The summed E-state index contributed by atoms with van der Waals surface area (Å²) < 4.78 is 29.0. The highest BCUT2D eigenvalue weighted by Crippen LogP contribution is 2.10. The predicted octanol–water partition coefficient (Wildman–Crippen LogP) is 2.00. The van der Waals surface area contributed by atoms with Crippen LogP contribution in [-0.4, -0.2) is 9.13 Å². The fourth-order valence-electron chi connectivity index (χ4n) is 1.65. The molecular formula is C12H12F2N2O. The number of aryl methyl sites for hydroxylation is 1. The number of imidazole rings is 1. The van der Waals surface area contributed by atoms with E-state index in [1.807, 2.05) is 6.92 Å². The van der Waals surface area contributed by atoms with Gasteiger partial charge in [-0.1, -0.05) is 6.07 Å². The fourth-order valence-corrected chi connectivity index (χ4v) is 1.65. The first-order valence-corrected chi connectivity index (χ1v) is 5.31. The number of aromatic nitrogens is 2. The van der Waals surface area contributed by atoms with Crippen LogP contribution in [0.5, 0.6) is 0 Å². The normalized spacial score (nSPS) is 10.8. The quantitative estimate of drug-likeness (QED) is 0.803. The van der Waals surface area contributed by atoms with Crippen LogP contribution in [0.4, 0.5) is 8.78 Å². The molecule has 1 aromatic heterocycles. The van der Waals surface area contributed by atoms with Crippen molar-refractivity contribution in [1.82, 2.24) is 9.13 Å². The molecule has 3 nitrogen and oxygen atoms in total. The highest BCUT2D eigenvalue weighted by atomic mass is 19.1. The smallest absolute Gasteiger partial charge is 0.300 e. The molecule has 0 atom stereocenters. The van der Waals surface area contributed by atoms with Crippen LogP contribution in [0.3, 0.4) is 0 Å². The van der Waals surface area contributed by atoms with E-state index in [1.165, 1.54) is 21.3 Å². The van der Waals surface area contributed by atoms with Crippen molar-refractivity contribution in [2.45, 2.75) is 20.0 Å². The molecule has 0 aliphatic heterocycles. The van der Waals surface area contributed by atoms with Crippen LogP contribution in [0.1, 0.15) is 12.5 Å². The summed E-state index contributed by atoms with van der Waals surface area (Å²) >= 11 is 0. The third-order valence-electron chi connectivity index (χ3n) is 2.61. The van der Waals surface area contributed by atoms with Crippen LogP contribution in [0.15, 0.2) is 35.4 Å². The molecule has 0 amide bonds. The number of halogens is 2. The molecule has 5 heteroatoms. The lowest BCUT2D eigenvalue weighted by Crippen LogP contribution is -2.24. The van der Waals surface area contributed by atoms with E-state index in [9.17, 15) is 13.6 Å². The topological polar surface area (TPSA) is 26.9 Å². The maximum atomic E-state index is 13.4. The lowest BCUT2D eigenvalue weighted by atomic mass is 10.2. The monoisotopic (exact) mass is 238 g/mol. The van der Waals surface area contributed by atoms with Gasteiger partial charge in [-0.15, -0.1) is 0 Å². The molecule has 2 rings (SSSR count). The highest BCUT2D eigenvalue weighted by molar-refractivity contribution is 5.18. The summed E-state index contributed by atoms with van der Waals surface area (Å²) in [6.07, 6.45) is 3.23. The second-order valence-corrected chi connectivity index (χ2v) is 3.73. The largest absolute Gasteiger partial charge is 0.328 e. The molecule has 0 bridgehead atoms. The third-order valence-corrected chi connectivity index (χ3v) is 2.61. The number of nitrogens with zero attached hydrogens (tertiary/aromatic N) is 2. The fraction of sp³-hybridized carbons (Fsp3) is 0.250. The van der Waals surface area contributed by atoms with E-state index >= 15 is 0 Å². The zero-order valence-electron chi connectivity index (χ0n) is 9.36. The Bertz CT molecular complexity index is 586. The summed E-state index contributed by atoms with van der Waals surface area (Å²) in [7, 11) is 0. The molecule has 2 aromatic rings. The van der Waals surface area contributed by atoms with Gasteiger partial charge in [0.05, 0.1) is 6.54 Å². The first-order valence-electron chi connectivity index (χ1n) is 5.31. The maximum Gasteiger partial charge on any atom is 0.328 e. The molecule has 17 heavy (non-hydrogen) atoms. The van der Waals surface area contributed by atoms with Gasteiger partial charge in [-0.2, -0.15) is 0 Å². The Kier molecular flexibility index (Phi) is 3.08. The van der Waals surface area contributed by atoms with Crippen molar-refractivity contribution in [2.75, 3.05) is 0 Å². The Labute approximate surface area is 96.9 Å². The molecule has 0 saturated carbocycles. The first kappa shape index (κ1) is 11.6. The summed E-state index contributed by atoms with van der Waals surface area (Å²) in [5.74, 6) is -1.26. The van der Waals surface area contributed by atoms with Crippen LogP contribution >= 0.6 is 0 Å². The number of rotatable bonds is 3. The predicted molar refractivity (Wildman–Crippen MR) is 59.8 cm³/mol. The van der Waals surface area contributed by atoms with Gasteiger partial charge in [-0.25, -0.2) is 13.6 Å². The van der Waals surface area contributed by atoms with Gasteiger partial charge in [0, 0.05) is 30.6 Å². The lowest BCUT2D eigenvalue weighted by molar-refractivity contribution is 0.562. The van der Waals surface area contributed by atoms with Crippen molar-refractivity contribution < 1.29 is 8.78 Å². The molecule has 90 valence electrons. The van der Waals surface area contributed by atoms with E-state index in [4.69, 9.17) is 0 Å². The summed E-state index contributed by atoms with van der Waals surface area (Å²) in [6, 6.07) is 3.35. The van der Waals surface area contributed by atoms with Crippen LogP contribution < -0.4 is 5.69 Å². The minimum atomic E-state index is -0.638. The average molecular weight is 238 g/mol. The zero-order chi connectivity index (χ0) is 12.4. The molecule has 1 aromatic carbocycles. The van der Waals surface area contributed by atoms with Gasteiger partial charge < -0.3 is 0 Å². The van der Waals surface area contributed by atoms with Gasteiger partial charge in [-0.3, -0.25) is 9.13 Å². The van der Waals surface area contributed by atoms with Crippen molar-refractivity contribution in [3.63, 3.8) is 0 Å². The van der Waals surface area contributed by atoms with E-state index in [0.717, 1.165) is 6.07 Å². The molecule has 0 radical (unpaired) electrons. The van der Waals surface area contributed by atoms with Gasteiger partial charge in [-0.05, 0) is 13.0 Å². The number of hydrogen-bond acceptors (Lipinski definition) is 1. The Morgan fingerprint density at radius 2 is 1.88 bits per heavy atom. The molecule has 0 aliphatic carbocycles. The molecule has 0 spiro atoms. The zero-order valence-corrected chi connectivity index (χ0v) is 9.36. The Balaban J connectivity index is 2.31. The van der Waals surface area contributed by atoms with Gasteiger partial charge >= 0.3 is 5.69 Å². The van der Waals surface area contributed by atoms with Crippen LogP contribution in [-0.2, 0) is 13.1 Å². The third kappa shape index (κ3) is 2.27. The number of hydrogen-bond donors (Lipinski definition) is 0. The average Bonchev–Trinajstić information content (AvgIpc) is 2.64. The highest BCUT2D eigenvalue weighted by Gasteiger charge is 2.07. The van der Waals surface area contributed by atoms with E-state index < -0.39 is 11.6 Å². The summed E-state index contributed by atoms with van der Waals surface area (Å²) in [4.78, 5) is 11.7. The van der Waals surface area contributed by atoms with Gasteiger partial charge in [0.15, 0.2) is 0 Å². The SMILES string of the molecule is CCn1ccn(Cc2ccc(F)cc2F)c1=O. The summed E-state index contributed by atoms with van der Waals surface area (Å²) in [5.41, 5.74) is 0.0959. The first-order chi connectivity index (χ1) is 8.11. The minimum Gasteiger partial charge on any atom is -0.300 e. The minimum absolute atomic E-state index is 0.109.